The Bertz CT molecular complexity index is 491. The summed E-state index contributed by atoms with van der Waals surface area (Å²) >= 11 is 0. The summed E-state index contributed by atoms with van der Waals surface area (Å²) in [7, 11) is 0. The number of benzene rings is 1. The number of amides is 1. The van der Waals surface area contributed by atoms with Gasteiger partial charge >= 0.3 is 0 Å². The molecule has 4 heteroatoms. The topological polar surface area (TPSA) is 44.9 Å². The van der Waals surface area contributed by atoms with Crippen molar-refractivity contribution in [1.82, 2.24) is 10.3 Å². The van der Waals surface area contributed by atoms with Crippen LogP contribution in [0.15, 0.2) is 42.7 Å². The minimum Gasteiger partial charge on any atom is -0.367 e. The normalized spacial score (nSPS) is 10.3. The zero-order chi connectivity index (χ0) is 12.8. The number of aromatic nitrogens is 1. The van der Waals surface area contributed by atoms with Gasteiger partial charge in [0, 0.05) is 25.4 Å². The van der Waals surface area contributed by atoms with E-state index in [0.29, 0.717) is 19.4 Å². The van der Waals surface area contributed by atoms with Crippen LogP contribution in [-0.4, -0.2) is 10.9 Å². The van der Waals surface area contributed by atoms with E-state index >= 15 is 0 Å². The zero-order valence-corrected chi connectivity index (χ0v) is 9.95. The molecule has 0 atom stereocenters. The van der Waals surface area contributed by atoms with Gasteiger partial charge in [-0.05, 0) is 35.7 Å². The third-order valence-electron chi connectivity index (χ3n) is 2.71. The third-order valence-corrected chi connectivity index (χ3v) is 2.71. The molecule has 94 valence electrons. The minimum absolute atomic E-state index is 0.000486. The summed E-state index contributed by atoms with van der Waals surface area (Å²) in [5.41, 5.74) is 2.01. The van der Waals surface area contributed by atoms with Crippen LogP contribution < -0.4 is 5.32 Å². The highest BCUT2D eigenvalue weighted by Crippen LogP contribution is 2.05. The second kappa shape index (κ2) is 6.00. The number of carbonyl (C=O) groups excluding carboxylic acids is 1. The SMILES string of the molecule is O=C(CCc1ccc(F)cc1)NCc1cc[nH]c1. The maximum absolute atomic E-state index is 12.7. The molecular formula is C14H15FN2O. The third kappa shape index (κ3) is 3.73. The molecule has 0 saturated carbocycles. The van der Waals surface area contributed by atoms with Crippen molar-refractivity contribution in [2.24, 2.45) is 0 Å². The number of rotatable bonds is 5. The summed E-state index contributed by atoms with van der Waals surface area (Å²) in [5, 5.41) is 2.83. The Morgan fingerprint density at radius 3 is 2.61 bits per heavy atom. The van der Waals surface area contributed by atoms with Crippen LogP contribution in [0.2, 0.25) is 0 Å². The lowest BCUT2D eigenvalue weighted by molar-refractivity contribution is -0.121. The van der Waals surface area contributed by atoms with Gasteiger partial charge in [-0.15, -0.1) is 0 Å². The fourth-order valence-electron chi connectivity index (χ4n) is 1.67. The van der Waals surface area contributed by atoms with E-state index < -0.39 is 0 Å². The van der Waals surface area contributed by atoms with Crippen LogP contribution >= 0.6 is 0 Å². The molecule has 0 aliphatic rings. The Hall–Kier alpha value is -2.10. The van der Waals surface area contributed by atoms with Crippen molar-refractivity contribution in [2.75, 3.05) is 0 Å². The molecular weight excluding hydrogens is 231 g/mol. The predicted octanol–water partition coefficient (Wildman–Crippen LogP) is 2.40. The smallest absolute Gasteiger partial charge is 0.220 e. The molecule has 0 bridgehead atoms. The van der Waals surface area contributed by atoms with Gasteiger partial charge in [-0.2, -0.15) is 0 Å². The number of aryl methyl sites for hydroxylation is 1. The predicted molar refractivity (Wildman–Crippen MR) is 67.4 cm³/mol. The van der Waals surface area contributed by atoms with Crippen molar-refractivity contribution in [1.29, 1.82) is 0 Å². The molecule has 0 radical (unpaired) electrons. The minimum atomic E-state index is -0.254. The van der Waals surface area contributed by atoms with E-state index in [2.05, 4.69) is 10.3 Å². The van der Waals surface area contributed by atoms with Gasteiger partial charge in [0.1, 0.15) is 5.82 Å². The van der Waals surface area contributed by atoms with E-state index in [9.17, 15) is 9.18 Å². The molecule has 0 aliphatic carbocycles. The Morgan fingerprint density at radius 2 is 1.94 bits per heavy atom. The molecule has 1 aromatic carbocycles. The molecule has 0 saturated heterocycles. The number of carbonyl (C=O) groups is 1. The van der Waals surface area contributed by atoms with Gasteiger partial charge < -0.3 is 10.3 Å². The first-order valence-corrected chi connectivity index (χ1v) is 5.87. The van der Waals surface area contributed by atoms with E-state index in [1.165, 1.54) is 12.1 Å². The lowest BCUT2D eigenvalue weighted by atomic mass is 10.1. The molecule has 0 aliphatic heterocycles. The van der Waals surface area contributed by atoms with Crippen molar-refractivity contribution in [2.45, 2.75) is 19.4 Å². The number of halogens is 1. The van der Waals surface area contributed by atoms with Crippen LogP contribution in [0.1, 0.15) is 17.5 Å². The van der Waals surface area contributed by atoms with Crippen LogP contribution in [0.5, 0.6) is 0 Å². The fourth-order valence-corrected chi connectivity index (χ4v) is 1.67. The average molecular weight is 246 g/mol. The van der Waals surface area contributed by atoms with Gasteiger partial charge in [0.15, 0.2) is 0 Å². The Kier molecular flexibility index (Phi) is 4.12. The lowest BCUT2D eigenvalue weighted by Crippen LogP contribution is -2.22. The van der Waals surface area contributed by atoms with Crippen molar-refractivity contribution in [3.63, 3.8) is 0 Å². The van der Waals surface area contributed by atoms with Gasteiger partial charge in [-0.1, -0.05) is 12.1 Å². The van der Waals surface area contributed by atoms with Crippen LogP contribution in [-0.2, 0) is 17.8 Å². The van der Waals surface area contributed by atoms with Crippen LogP contribution in [0.25, 0.3) is 0 Å². The summed E-state index contributed by atoms with van der Waals surface area (Å²) in [6, 6.07) is 8.14. The summed E-state index contributed by atoms with van der Waals surface area (Å²) in [4.78, 5) is 14.5. The number of aromatic amines is 1. The number of hydrogen-bond donors (Lipinski definition) is 2. The molecule has 2 N–H and O–H groups in total. The monoisotopic (exact) mass is 246 g/mol. The van der Waals surface area contributed by atoms with Crippen LogP contribution in [0.3, 0.4) is 0 Å². The van der Waals surface area contributed by atoms with Gasteiger partial charge in [-0.25, -0.2) is 4.39 Å². The van der Waals surface area contributed by atoms with E-state index in [1.54, 1.807) is 12.1 Å². The van der Waals surface area contributed by atoms with Crippen molar-refractivity contribution < 1.29 is 9.18 Å². The number of hydrogen-bond acceptors (Lipinski definition) is 1. The molecule has 1 amide bonds. The van der Waals surface area contributed by atoms with Crippen LogP contribution in [0, 0.1) is 5.82 Å². The second-order valence-corrected chi connectivity index (χ2v) is 4.12. The fraction of sp³-hybridized carbons (Fsp3) is 0.214. The van der Waals surface area contributed by atoms with E-state index in [4.69, 9.17) is 0 Å². The number of H-pyrrole nitrogens is 1. The molecule has 18 heavy (non-hydrogen) atoms. The standard InChI is InChI=1S/C14H15FN2O/c15-13-4-1-11(2-5-13)3-6-14(18)17-10-12-7-8-16-9-12/h1-2,4-5,7-9,16H,3,6,10H2,(H,17,18). The first-order chi connectivity index (χ1) is 8.74. The Balaban J connectivity index is 1.73. The molecule has 3 nitrogen and oxygen atoms in total. The first-order valence-electron chi connectivity index (χ1n) is 5.87. The first kappa shape index (κ1) is 12.4. The molecule has 2 rings (SSSR count). The Morgan fingerprint density at radius 1 is 1.17 bits per heavy atom. The zero-order valence-electron chi connectivity index (χ0n) is 9.95. The maximum Gasteiger partial charge on any atom is 0.220 e. The summed E-state index contributed by atoms with van der Waals surface area (Å²) in [6.45, 7) is 0.533. The van der Waals surface area contributed by atoms with Gasteiger partial charge in [0.25, 0.3) is 0 Å². The van der Waals surface area contributed by atoms with E-state index in [0.717, 1.165) is 11.1 Å². The average Bonchev–Trinajstić information content (AvgIpc) is 2.89. The molecule has 1 aromatic heterocycles. The highest BCUT2D eigenvalue weighted by Gasteiger charge is 2.02. The van der Waals surface area contributed by atoms with Crippen molar-refractivity contribution in [3.05, 3.63) is 59.7 Å². The number of nitrogens with one attached hydrogen (secondary N) is 2. The van der Waals surface area contributed by atoms with Crippen molar-refractivity contribution in [3.8, 4) is 0 Å². The van der Waals surface area contributed by atoms with Crippen LogP contribution in [0.4, 0.5) is 4.39 Å². The van der Waals surface area contributed by atoms with Gasteiger partial charge in [0.2, 0.25) is 5.91 Å². The van der Waals surface area contributed by atoms with E-state index in [1.807, 2.05) is 18.5 Å². The van der Waals surface area contributed by atoms with Gasteiger partial charge in [-0.3, -0.25) is 4.79 Å². The highest BCUT2D eigenvalue weighted by atomic mass is 19.1. The highest BCUT2D eigenvalue weighted by molar-refractivity contribution is 5.76. The summed E-state index contributed by atoms with van der Waals surface area (Å²) in [5.74, 6) is -0.254. The quantitative estimate of drug-likeness (QED) is 0.836. The molecule has 1 heterocycles. The summed E-state index contributed by atoms with van der Waals surface area (Å²) in [6.07, 6.45) is 4.70. The van der Waals surface area contributed by atoms with Gasteiger partial charge in [0.05, 0.1) is 0 Å². The second-order valence-electron chi connectivity index (χ2n) is 4.12. The summed E-state index contributed by atoms with van der Waals surface area (Å²) < 4.78 is 12.7. The largest absolute Gasteiger partial charge is 0.367 e. The van der Waals surface area contributed by atoms with Crippen molar-refractivity contribution >= 4 is 5.91 Å². The lowest BCUT2D eigenvalue weighted by Gasteiger charge is -2.04. The molecule has 0 unspecified atom stereocenters. The molecule has 2 aromatic rings. The maximum atomic E-state index is 12.7. The Labute approximate surface area is 105 Å². The molecule has 0 spiro atoms. The molecule has 0 fully saturated rings. The van der Waals surface area contributed by atoms with E-state index in [-0.39, 0.29) is 11.7 Å².